The quantitative estimate of drug-likeness (QED) is 0.507. The normalized spacial score (nSPS) is 13.9. The number of likely N-dealkylation sites (N-methyl/N-ethyl adjacent to an activating group) is 1. The highest BCUT2D eigenvalue weighted by Gasteiger charge is 2.23. The molecule has 6 nitrogen and oxygen atoms in total. The van der Waals surface area contributed by atoms with E-state index >= 15 is 0 Å². The smallest absolute Gasteiger partial charge is 0.315 e. The topological polar surface area (TPSA) is 95.5 Å². The molecule has 0 aliphatic carbocycles. The van der Waals surface area contributed by atoms with Gasteiger partial charge in [-0.05, 0) is 13.8 Å². The first kappa shape index (κ1) is 12.4. The van der Waals surface area contributed by atoms with Gasteiger partial charge in [-0.2, -0.15) is 0 Å². The molecule has 0 aromatic rings. The van der Waals surface area contributed by atoms with Crippen molar-refractivity contribution < 1.29 is 19.5 Å². The van der Waals surface area contributed by atoms with E-state index in [1.54, 1.807) is 0 Å². The molecule has 0 rings (SSSR count). The Bertz CT molecular complexity index is 252. The van der Waals surface area contributed by atoms with Crippen LogP contribution < -0.4 is 10.6 Å². The van der Waals surface area contributed by atoms with Crippen LogP contribution in [0.1, 0.15) is 13.8 Å². The molecular weight excluding hydrogens is 188 g/mol. The van der Waals surface area contributed by atoms with Gasteiger partial charge in [0.05, 0.1) is 0 Å². The van der Waals surface area contributed by atoms with Crippen molar-refractivity contribution in [3.05, 3.63) is 0 Å². The van der Waals surface area contributed by atoms with Gasteiger partial charge in [0.2, 0.25) is 11.8 Å². The van der Waals surface area contributed by atoms with Gasteiger partial charge in [-0.25, -0.2) is 0 Å². The van der Waals surface area contributed by atoms with Gasteiger partial charge in [-0.3, -0.25) is 14.4 Å². The first-order chi connectivity index (χ1) is 6.40. The maximum absolute atomic E-state index is 11.1. The second-order valence-corrected chi connectivity index (χ2v) is 2.90. The van der Waals surface area contributed by atoms with Gasteiger partial charge in [0.25, 0.3) is 0 Å². The maximum atomic E-state index is 11.1. The third-order valence-electron chi connectivity index (χ3n) is 1.76. The lowest BCUT2D eigenvalue weighted by Crippen LogP contribution is -2.46. The van der Waals surface area contributed by atoms with E-state index in [9.17, 15) is 14.4 Å². The number of hydrogen-bond donors (Lipinski definition) is 3. The van der Waals surface area contributed by atoms with Crippen LogP contribution in [0.4, 0.5) is 0 Å². The number of carbonyl (C=O) groups excluding carboxylic acids is 2. The highest BCUT2D eigenvalue weighted by molar-refractivity contribution is 5.98. The second kappa shape index (κ2) is 5.21. The Morgan fingerprint density at radius 1 is 1.14 bits per heavy atom. The number of rotatable bonds is 4. The monoisotopic (exact) mass is 202 g/mol. The van der Waals surface area contributed by atoms with Crippen LogP contribution in [-0.4, -0.2) is 36.0 Å². The molecule has 2 amide bonds. The van der Waals surface area contributed by atoms with Crippen molar-refractivity contribution in [3.63, 3.8) is 0 Å². The fourth-order valence-electron chi connectivity index (χ4n) is 0.733. The summed E-state index contributed by atoms with van der Waals surface area (Å²) in [6.45, 7) is 2.74. The van der Waals surface area contributed by atoms with Gasteiger partial charge in [0.1, 0.15) is 12.0 Å². The largest absolute Gasteiger partial charge is 0.481 e. The predicted molar refractivity (Wildman–Crippen MR) is 48.5 cm³/mol. The van der Waals surface area contributed by atoms with Crippen LogP contribution in [0.15, 0.2) is 0 Å². The number of amides is 2. The van der Waals surface area contributed by atoms with Crippen LogP contribution in [-0.2, 0) is 14.4 Å². The third-order valence-corrected chi connectivity index (χ3v) is 1.76. The average Bonchev–Trinajstić information content (AvgIpc) is 2.14. The van der Waals surface area contributed by atoms with Crippen molar-refractivity contribution in [2.24, 2.45) is 5.92 Å². The van der Waals surface area contributed by atoms with E-state index in [-0.39, 0.29) is 5.91 Å². The van der Waals surface area contributed by atoms with Crippen LogP contribution in [0.3, 0.4) is 0 Å². The van der Waals surface area contributed by atoms with E-state index in [4.69, 9.17) is 5.11 Å². The number of carbonyl (C=O) groups is 3. The summed E-state index contributed by atoms with van der Waals surface area (Å²) in [4.78, 5) is 32.5. The van der Waals surface area contributed by atoms with Gasteiger partial charge in [0.15, 0.2) is 0 Å². The fraction of sp³-hybridized carbons (Fsp3) is 0.625. The molecule has 3 N–H and O–H groups in total. The molecule has 0 aliphatic rings. The molecular formula is C8H14N2O4. The lowest BCUT2D eigenvalue weighted by atomic mass is 10.1. The molecule has 0 bridgehead atoms. The zero-order valence-corrected chi connectivity index (χ0v) is 8.33. The molecule has 14 heavy (non-hydrogen) atoms. The summed E-state index contributed by atoms with van der Waals surface area (Å²) in [5.74, 6) is -3.40. The number of hydrogen-bond acceptors (Lipinski definition) is 3. The summed E-state index contributed by atoms with van der Waals surface area (Å²) in [6, 6.07) is -0.728. The van der Waals surface area contributed by atoms with E-state index in [0.717, 1.165) is 0 Å². The highest BCUT2D eigenvalue weighted by atomic mass is 16.4. The molecule has 2 unspecified atom stereocenters. The lowest BCUT2D eigenvalue weighted by molar-refractivity contribution is -0.147. The lowest BCUT2D eigenvalue weighted by Gasteiger charge is -2.13. The molecule has 0 aliphatic heterocycles. The molecule has 80 valence electrons. The number of carboxylic acids is 1. The molecule has 0 aromatic carbocycles. The summed E-state index contributed by atoms with van der Waals surface area (Å²) >= 11 is 0. The van der Waals surface area contributed by atoms with E-state index in [1.807, 2.05) is 0 Å². The van der Waals surface area contributed by atoms with E-state index in [1.165, 1.54) is 20.9 Å². The number of carboxylic acid groups (broad SMARTS) is 1. The van der Waals surface area contributed by atoms with Gasteiger partial charge in [-0.15, -0.1) is 0 Å². The van der Waals surface area contributed by atoms with Gasteiger partial charge < -0.3 is 15.7 Å². The SMILES string of the molecule is CNC(=O)C(C)NC(=O)C(C)C(=O)O. The Morgan fingerprint density at radius 2 is 1.64 bits per heavy atom. The standard InChI is InChI=1S/C8H14N2O4/c1-4(8(13)14)6(11)10-5(2)7(12)9-3/h4-5H,1-3H3,(H,9,12)(H,10,11)(H,13,14). The zero-order valence-electron chi connectivity index (χ0n) is 8.33. The summed E-state index contributed by atoms with van der Waals surface area (Å²) in [5.41, 5.74) is 0. The zero-order chi connectivity index (χ0) is 11.3. The molecule has 0 heterocycles. The fourth-order valence-corrected chi connectivity index (χ4v) is 0.733. The van der Waals surface area contributed by atoms with Crippen molar-refractivity contribution in [1.29, 1.82) is 0 Å². The maximum Gasteiger partial charge on any atom is 0.315 e. The van der Waals surface area contributed by atoms with Crippen LogP contribution in [0.2, 0.25) is 0 Å². The molecule has 6 heteroatoms. The summed E-state index contributed by atoms with van der Waals surface area (Å²) in [6.07, 6.45) is 0. The summed E-state index contributed by atoms with van der Waals surface area (Å²) < 4.78 is 0. The summed E-state index contributed by atoms with van der Waals surface area (Å²) in [7, 11) is 1.44. The van der Waals surface area contributed by atoms with Crippen LogP contribution in [0, 0.1) is 5.92 Å². The van der Waals surface area contributed by atoms with E-state index in [2.05, 4.69) is 10.6 Å². The highest BCUT2D eigenvalue weighted by Crippen LogP contribution is 1.95. The average molecular weight is 202 g/mol. The third kappa shape index (κ3) is 3.42. The molecule has 0 spiro atoms. The molecule has 2 atom stereocenters. The van der Waals surface area contributed by atoms with Gasteiger partial charge in [0, 0.05) is 7.05 Å². The molecule has 0 saturated heterocycles. The van der Waals surface area contributed by atoms with Crippen LogP contribution >= 0.6 is 0 Å². The first-order valence-electron chi connectivity index (χ1n) is 4.15. The van der Waals surface area contributed by atoms with Crippen molar-refractivity contribution in [2.45, 2.75) is 19.9 Å². The molecule has 0 aromatic heterocycles. The summed E-state index contributed by atoms with van der Waals surface area (Å²) in [5, 5.41) is 13.1. The second-order valence-electron chi connectivity index (χ2n) is 2.90. The van der Waals surface area contributed by atoms with Crippen LogP contribution in [0.5, 0.6) is 0 Å². The number of nitrogens with one attached hydrogen (secondary N) is 2. The van der Waals surface area contributed by atoms with Gasteiger partial charge >= 0.3 is 5.97 Å². The van der Waals surface area contributed by atoms with Crippen LogP contribution in [0.25, 0.3) is 0 Å². The Morgan fingerprint density at radius 3 is 2.00 bits per heavy atom. The minimum Gasteiger partial charge on any atom is -0.481 e. The molecule has 0 radical (unpaired) electrons. The van der Waals surface area contributed by atoms with Crippen molar-refractivity contribution in [2.75, 3.05) is 7.05 Å². The molecule has 0 fully saturated rings. The Labute approximate surface area is 81.7 Å². The Hall–Kier alpha value is -1.59. The van der Waals surface area contributed by atoms with Gasteiger partial charge in [-0.1, -0.05) is 0 Å². The Balaban J connectivity index is 4.19. The van der Waals surface area contributed by atoms with Crippen molar-refractivity contribution >= 4 is 17.8 Å². The van der Waals surface area contributed by atoms with Crippen molar-refractivity contribution in [1.82, 2.24) is 10.6 Å². The van der Waals surface area contributed by atoms with E-state index < -0.39 is 23.8 Å². The number of aliphatic carboxylic acids is 1. The van der Waals surface area contributed by atoms with Crippen molar-refractivity contribution in [3.8, 4) is 0 Å². The minimum absolute atomic E-state index is 0.365. The van der Waals surface area contributed by atoms with E-state index in [0.29, 0.717) is 0 Å². The first-order valence-corrected chi connectivity index (χ1v) is 4.15. The molecule has 0 saturated carbocycles. The Kier molecular flexibility index (Phi) is 4.62. The predicted octanol–water partition coefficient (Wildman–Crippen LogP) is -1.04. The minimum atomic E-state index is -1.22.